The SMILES string of the molecule is Cc1ccc(C)c(OCCNC(=O)CCc2ccc(Cl)cc2Cl)c1. The van der Waals surface area contributed by atoms with Gasteiger partial charge in [0.05, 0.1) is 6.54 Å². The highest BCUT2D eigenvalue weighted by Gasteiger charge is 2.06. The molecule has 128 valence electrons. The monoisotopic (exact) mass is 365 g/mol. The van der Waals surface area contributed by atoms with Gasteiger partial charge in [0, 0.05) is 16.5 Å². The second-order valence-corrected chi connectivity index (χ2v) is 6.55. The number of ether oxygens (including phenoxy) is 1. The van der Waals surface area contributed by atoms with E-state index in [-0.39, 0.29) is 5.91 Å². The van der Waals surface area contributed by atoms with Gasteiger partial charge >= 0.3 is 0 Å². The molecule has 5 heteroatoms. The Morgan fingerprint density at radius 1 is 1.12 bits per heavy atom. The van der Waals surface area contributed by atoms with Crippen molar-refractivity contribution in [2.45, 2.75) is 26.7 Å². The van der Waals surface area contributed by atoms with Crippen LogP contribution in [0.1, 0.15) is 23.1 Å². The molecule has 0 saturated carbocycles. The van der Waals surface area contributed by atoms with E-state index < -0.39 is 0 Å². The fraction of sp³-hybridized carbons (Fsp3) is 0.316. The summed E-state index contributed by atoms with van der Waals surface area (Å²) in [7, 11) is 0. The Kier molecular flexibility index (Phi) is 6.95. The number of carbonyl (C=O) groups excluding carboxylic acids is 1. The zero-order valence-corrected chi connectivity index (χ0v) is 15.4. The molecule has 1 N–H and O–H groups in total. The van der Waals surface area contributed by atoms with Gasteiger partial charge in [-0.05, 0) is 55.2 Å². The van der Waals surface area contributed by atoms with Crippen molar-refractivity contribution in [3.63, 3.8) is 0 Å². The molecular weight excluding hydrogens is 345 g/mol. The van der Waals surface area contributed by atoms with E-state index in [0.29, 0.717) is 36.0 Å². The second-order valence-electron chi connectivity index (χ2n) is 5.70. The smallest absolute Gasteiger partial charge is 0.220 e. The first kappa shape index (κ1) is 18.6. The van der Waals surface area contributed by atoms with Gasteiger partial charge in [0.25, 0.3) is 0 Å². The maximum atomic E-state index is 11.9. The molecule has 1 amide bonds. The van der Waals surface area contributed by atoms with Gasteiger partial charge in [0.2, 0.25) is 5.91 Å². The van der Waals surface area contributed by atoms with Gasteiger partial charge in [-0.15, -0.1) is 0 Å². The lowest BCUT2D eigenvalue weighted by molar-refractivity contribution is -0.121. The third-order valence-corrected chi connectivity index (χ3v) is 4.25. The molecule has 0 atom stereocenters. The highest BCUT2D eigenvalue weighted by Crippen LogP contribution is 2.22. The van der Waals surface area contributed by atoms with Crippen molar-refractivity contribution in [2.75, 3.05) is 13.2 Å². The largest absolute Gasteiger partial charge is 0.491 e. The van der Waals surface area contributed by atoms with Gasteiger partial charge < -0.3 is 10.1 Å². The zero-order chi connectivity index (χ0) is 17.5. The van der Waals surface area contributed by atoms with Crippen LogP contribution in [0.4, 0.5) is 0 Å². The lowest BCUT2D eigenvalue weighted by Crippen LogP contribution is -2.28. The van der Waals surface area contributed by atoms with E-state index in [1.165, 1.54) is 0 Å². The molecule has 0 radical (unpaired) electrons. The van der Waals surface area contributed by atoms with Crippen LogP contribution in [0.5, 0.6) is 5.75 Å². The summed E-state index contributed by atoms with van der Waals surface area (Å²) in [6.07, 6.45) is 0.963. The fourth-order valence-electron chi connectivity index (χ4n) is 2.28. The number of nitrogens with one attached hydrogen (secondary N) is 1. The van der Waals surface area contributed by atoms with Gasteiger partial charge in [-0.25, -0.2) is 0 Å². The minimum atomic E-state index is -0.0226. The van der Waals surface area contributed by atoms with Crippen LogP contribution in [-0.2, 0) is 11.2 Å². The summed E-state index contributed by atoms with van der Waals surface area (Å²) in [5.41, 5.74) is 3.16. The Hall–Kier alpha value is -1.71. The first-order valence-electron chi connectivity index (χ1n) is 7.86. The van der Waals surface area contributed by atoms with Crippen molar-refractivity contribution in [2.24, 2.45) is 0 Å². The van der Waals surface area contributed by atoms with Crippen molar-refractivity contribution in [1.82, 2.24) is 5.32 Å². The molecule has 0 aliphatic heterocycles. The van der Waals surface area contributed by atoms with Crippen LogP contribution in [-0.4, -0.2) is 19.1 Å². The van der Waals surface area contributed by atoms with Crippen LogP contribution >= 0.6 is 23.2 Å². The second kappa shape index (κ2) is 8.95. The molecule has 0 aliphatic rings. The minimum Gasteiger partial charge on any atom is -0.491 e. The molecule has 2 aromatic carbocycles. The quantitative estimate of drug-likeness (QED) is 0.719. The van der Waals surface area contributed by atoms with Gasteiger partial charge in [-0.1, -0.05) is 41.4 Å². The number of carbonyl (C=O) groups is 1. The zero-order valence-electron chi connectivity index (χ0n) is 13.9. The van der Waals surface area contributed by atoms with Crippen LogP contribution < -0.4 is 10.1 Å². The highest BCUT2D eigenvalue weighted by molar-refractivity contribution is 6.35. The normalized spacial score (nSPS) is 10.5. The summed E-state index contributed by atoms with van der Waals surface area (Å²) >= 11 is 12.0. The maximum Gasteiger partial charge on any atom is 0.220 e. The molecule has 0 unspecified atom stereocenters. The Morgan fingerprint density at radius 2 is 1.92 bits per heavy atom. The molecular formula is C19H21Cl2NO2. The van der Waals surface area contributed by atoms with Gasteiger partial charge in [0.15, 0.2) is 0 Å². The fourth-order valence-corrected chi connectivity index (χ4v) is 2.78. The third kappa shape index (κ3) is 5.73. The number of rotatable bonds is 7. The van der Waals surface area contributed by atoms with E-state index in [1.807, 2.05) is 38.1 Å². The number of halogens is 2. The topological polar surface area (TPSA) is 38.3 Å². The van der Waals surface area contributed by atoms with Crippen LogP contribution in [0.3, 0.4) is 0 Å². The van der Waals surface area contributed by atoms with Crippen molar-refractivity contribution >= 4 is 29.1 Å². The summed E-state index contributed by atoms with van der Waals surface area (Å²) in [5.74, 6) is 0.836. The first-order valence-corrected chi connectivity index (χ1v) is 8.62. The Labute approximate surface area is 152 Å². The van der Waals surface area contributed by atoms with Gasteiger partial charge in [-0.3, -0.25) is 4.79 Å². The molecule has 24 heavy (non-hydrogen) atoms. The lowest BCUT2D eigenvalue weighted by Gasteiger charge is -2.11. The van der Waals surface area contributed by atoms with E-state index in [1.54, 1.807) is 12.1 Å². The summed E-state index contributed by atoms with van der Waals surface area (Å²) in [5, 5.41) is 4.04. The Morgan fingerprint density at radius 3 is 2.67 bits per heavy atom. The molecule has 2 aromatic rings. The molecule has 0 spiro atoms. The number of hydrogen-bond acceptors (Lipinski definition) is 2. The number of aryl methyl sites for hydroxylation is 3. The standard InChI is InChI=1S/C19H21Cl2NO2/c1-13-3-4-14(2)18(11-13)24-10-9-22-19(23)8-6-15-5-7-16(20)12-17(15)21/h3-5,7,11-12H,6,8-10H2,1-2H3,(H,22,23). The molecule has 0 aliphatic carbocycles. The predicted octanol–water partition coefficient (Wildman–Crippen LogP) is 4.74. The van der Waals surface area contributed by atoms with E-state index in [0.717, 1.165) is 22.4 Å². The van der Waals surface area contributed by atoms with Gasteiger partial charge in [0.1, 0.15) is 12.4 Å². The van der Waals surface area contributed by atoms with Gasteiger partial charge in [-0.2, -0.15) is 0 Å². The summed E-state index contributed by atoms with van der Waals surface area (Å²) in [6.45, 7) is 4.94. The third-order valence-electron chi connectivity index (χ3n) is 3.66. The van der Waals surface area contributed by atoms with Crippen LogP contribution in [0.15, 0.2) is 36.4 Å². The molecule has 2 rings (SSSR count). The minimum absolute atomic E-state index is 0.0226. The molecule has 0 aromatic heterocycles. The maximum absolute atomic E-state index is 11.9. The summed E-state index contributed by atoms with van der Waals surface area (Å²) in [6, 6.07) is 11.4. The van der Waals surface area contributed by atoms with Crippen molar-refractivity contribution in [1.29, 1.82) is 0 Å². The first-order chi connectivity index (χ1) is 11.5. The summed E-state index contributed by atoms with van der Waals surface area (Å²) < 4.78 is 5.71. The predicted molar refractivity (Wildman–Crippen MR) is 99.2 cm³/mol. The van der Waals surface area contributed by atoms with Crippen molar-refractivity contribution < 1.29 is 9.53 Å². The molecule has 0 bridgehead atoms. The molecule has 3 nitrogen and oxygen atoms in total. The average Bonchev–Trinajstić information content (AvgIpc) is 2.54. The summed E-state index contributed by atoms with van der Waals surface area (Å²) in [4.78, 5) is 11.9. The molecule has 0 fully saturated rings. The molecule has 0 heterocycles. The van der Waals surface area contributed by atoms with Crippen LogP contribution in [0, 0.1) is 13.8 Å². The Balaban J connectivity index is 1.70. The van der Waals surface area contributed by atoms with Crippen molar-refractivity contribution in [3.05, 3.63) is 63.1 Å². The number of amides is 1. The van der Waals surface area contributed by atoms with Crippen molar-refractivity contribution in [3.8, 4) is 5.75 Å². The number of benzene rings is 2. The molecule has 0 saturated heterocycles. The van der Waals surface area contributed by atoms with Crippen LogP contribution in [0.2, 0.25) is 10.0 Å². The lowest BCUT2D eigenvalue weighted by atomic mass is 10.1. The highest BCUT2D eigenvalue weighted by atomic mass is 35.5. The van der Waals surface area contributed by atoms with E-state index in [9.17, 15) is 4.79 Å². The van der Waals surface area contributed by atoms with Crippen LogP contribution in [0.25, 0.3) is 0 Å². The Bertz CT molecular complexity index is 717. The number of hydrogen-bond donors (Lipinski definition) is 1. The average molecular weight is 366 g/mol. The van der Waals surface area contributed by atoms with E-state index >= 15 is 0 Å². The van der Waals surface area contributed by atoms with E-state index in [2.05, 4.69) is 5.32 Å². The van der Waals surface area contributed by atoms with E-state index in [4.69, 9.17) is 27.9 Å².